The molecule has 0 aliphatic rings. The summed E-state index contributed by atoms with van der Waals surface area (Å²) in [4.78, 5) is 3.51. The fraction of sp³-hybridized carbons (Fsp3) is 0.692. The van der Waals surface area contributed by atoms with Crippen LogP contribution in [0.15, 0.2) is 17.5 Å². The van der Waals surface area contributed by atoms with E-state index in [4.69, 9.17) is 0 Å². The molecule has 1 unspecified atom stereocenters. The molecule has 16 heavy (non-hydrogen) atoms. The fourth-order valence-electron chi connectivity index (χ4n) is 1.74. The highest BCUT2D eigenvalue weighted by Crippen LogP contribution is 2.21. The van der Waals surface area contributed by atoms with Crippen molar-refractivity contribution in [1.82, 2.24) is 4.90 Å². The Kier molecular flexibility index (Phi) is 6.69. The van der Waals surface area contributed by atoms with Crippen molar-refractivity contribution in [3.63, 3.8) is 0 Å². The number of nitrogens with zero attached hydrogens (tertiary/aromatic N) is 1. The molecule has 0 bridgehead atoms. The number of hydrogen-bond acceptors (Lipinski definition) is 3. The van der Waals surface area contributed by atoms with Crippen molar-refractivity contribution in [2.75, 3.05) is 19.6 Å². The van der Waals surface area contributed by atoms with E-state index in [1.807, 2.05) is 17.5 Å². The third-order valence-corrected chi connectivity index (χ3v) is 3.84. The molecule has 92 valence electrons. The molecule has 0 saturated heterocycles. The van der Waals surface area contributed by atoms with Crippen LogP contribution in [0, 0.1) is 0 Å². The molecule has 1 N–H and O–H groups in total. The van der Waals surface area contributed by atoms with E-state index in [0.29, 0.717) is 0 Å². The van der Waals surface area contributed by atoms with Gasteiger partial charge in [0.05, 0.1) is 6.10 Å². The average molecular weight is 241 g/mol. The zero-order valence-corrected chi connectivity index (χ0v) is 11.2. The lowest BCUT2D eigenvalue weighted by molar-refractivity contribution is 0.146. The quantitative estimate of drug-likeness (QED) is 0.755. The van der Waals surface area contributed by atoms with Crippen LogP contribution in [0.4, 0.5) is 0 Å². The summed E-state index contributed by atoms with van der Waals surface area (Å²) in [5.74, 6) is 0. The summed E-state index contributed by atoms with van der Waals surface area (Å²) in [5.41, 5.74) is 0. The predicted molar refractivity (Wildman–Crippen MR) is 70.9 cm³/mol. The van der Waals surface area contributed by atoms with E-state index in [1.54, 1.807) is 11.3 Å². The predicted octanol–water partition coefficient (Wildman–Crippen LogP) is 3.29. The number of hydrogen-bond donors (Lipinski definition) is 1. The minimum atomic E-state index is -0.282. The van der Waals surface area contributed by atoms with Crippen molar-refractivity contribution < 1.29 is 5.11 Å². The molecular formula is C13H23NOS. The molecule has 0 radical (unpaired) electrons. The summed E-state index contributed by atoms with van der Waals surface area (Å²) >= 11 is 1.64. The Balaban J connectivity index is 2.26. The fourth-order valence-corrected chi connectivity index (χ4v) is 2.48. The Hall–Kier alpha value is -0.380. The van der Waals surface area contributed by atoms with E-state index in [2.05, 4.69) is 18.7 Å². The lowest BCUT2D eigenvalue weighted by Crippen LogP contribution is -2.26. The molecule has 1 aromatic rings. The molecule has 3 heteroatoms. The lowest BCUT2D eigenvalue weighted by atomic mass is 10.2. The van der Waals surface area contributed by atoms with Crippen LogP contribution >= 0.6 is 11.3 Å². The first-order valence-electron chi connectivity index (χ1n) is 6.21. The Labute approximate surface area is 103 Å². The van der Waals surface area contributed by atoms with Gasteiger partial charge in [-0.15, -0.1) is 11.3 Å². The summed E-state index contributed by atoms with van der Waals surface area (Å²) < 4.78 is 0. The highest BCUT2D eigenvalue weighted by molar-refractivity contribution is 7.10. The molecule has 0 aliphatic heterocycles. The van der Waals surface area contributed by atoms with Crippen LogP contribution in [0.1, 0.15) is 44.1 Å². The monoisotopic (exact) mass is 241 g/mol. The van der Waals surface area contributed by atoms with Crippen LogP contribution in [-0.2, 0) is 0 Å². The second-order valence-corrected chi connectivity index (χ2v) is 5.09. The van der Waals surface area contributed by atoms with Crippen molar-refractivity contribution in [1.29, 1.82) is 0 Å². The van der Waals surface area contributed by atoms with Gasteiger partial charge in [-0.1, -0.05) is 26.3 Å². The van der Waals surface area contributed by atoms with E-state index in [0.717, 1.165) is 30.9 Å². The van der Waals surface area contributed by atoms with E-state index in [-0.39, 0.29) is 6.10 Å². The van der Waals surface area contributed by atoms with Gasteiger partial charge < -0.3 is 10.0 Å². The minimum absolute atomic E-state index is 0.282. The summed E-state index contributed by atoms with van der Waals surface area (Å²) in [5, 5.41) is 12.0. The standard InChI is InChI=1S/C13H23NOS/c1-3-5-9-14(4-2)10-8-12(15)13-7-6-11-16-13/h6-7,11-12,15H,3-5,8-10H2,1-2H3. The first-order chi connectivity index (χ1) is 7.77. The zero-order chi connectivity index (χ0) is 11.8. The minimum Gasteiger partial charge on any atom is -0.388 e. The molecule has 0 amide bonds. The molecular weight excluding hydrogens is 218 g/mol. The summed E-state index contributed by atoms with van der Waals surface area (Å²) in [7, 11) is 0. The van der Waals surface area contributed by atoms with Crippen molar-refractivity contribution >= 4 is 11.3 Å². The molecule has 0 spiro atoms. The van der Waals surface area contributed by atoms with Gasteiger partial charge in [0.2, 0.25) is 0 Å². The van der Waals surface area contributed by atoms with Gasteiger partial charge in [-0.25, -0.2) is 0 Å². The third-order valence-electron chi connectivity index (χ3n) is 2.87. The Morgan fingerprint density at radius 2 is 2.19 bits per heavy atom. The number of rotatable bonds is 8. The van der Waals surface area contributed by atoms with Crippen molar-refractivity contribution in [3.05, 3.63) is 22.4 Å². The van der Waals surface area contributed by atoms with Crippen LogP contribution in [-0.4, -0.2) is 29.6 Å². The maximum Gasteiger partial charge on any atom is 0.0894 e. The van der Waals surface area contributed by atoms with Gasteiger partial charge in [-0.2, -0.15) is 0 Å². The molecule has 1 atom stereocenters. The van der Waals surface area contributed by atoms with Gasteiger partial charge in [0.1, 0.15) is 0 Å². The molecule has 0 saturated carbocycles. The zero-order valence-electron chi connectivity index (χ0n) is 10.4. The van der Waals surface area contributed by atoms with Crippen LogP contribution in [0.5, 0.6) is 0 Å². The Morgan fingerprint density at radius 3 is 2.75 bits per heavy atom. The summed E-state index contributed by atoms with van der Waals surface area (Å²) in [6.45, 7) is 7.64. The van der Waals surface area contributed by atoms with Crippen molar-refractivity contribution in [2.45, 2.75) is 39.2 Å². The molecule has 1 aromatic heterocycles. The molecule has 1 rings (SSSR count). The third kappa shape index (κ3) is 4.64. The lowest BCUT2D eigenvalue weighted by Gasteiger charge is -2.21. The van der Waals surface area contributed by atoms with Crippen molar-refractivity contribution in [3.8, 4) is 0 Å². The second kappa shape index (κ2) is 7.82. The maximum atomic E-state index is 9.96. The average Bonchev–Trinajstić information content (AvgIpc) is 2.82. The SMILES string of the molecule is CCCCN(CC)CCC(O)c1cccs1. The van der Waals surface area contributed by atoms with Gasteiger partial charge in [-0.3, -0.25) is 0 Å². The number of aliphatic hydroxyl groups excluding tert-OH is 1. The van der Waals surface area contributed by atoms with Gasteiger partial charge in [-0.05, 0) is 37.4 Å². The van der Waals surface area contributed by atoms with Crippen LogP contribution < -0.4 is 0 Å². The maximum absolute atomic E-state index is 9.96. The molecule has 0 fully saturated rings. The molecule has 2 nitrogen and oxygen atoms in total. The topological polar surface area (TPSA) is 23.5 Å². The van der Waals surface area contributed by atoms with Gasteiger partial charge in [0.15, 0.2) is 0 Å². The Morgan fingerprint density at radius 1 is 1.38 bits per heavy atom. The number of aliphatic hydroxyl groups is 1. The van der Waals surface area contributed by atoms with E-state index < -0.39 is 0 Å². The van der Waals surface area contributed by atoms with Gasteiger partial charge >= 0.3 is 0 Å². The molecule has 0 aliphatic carbocycles. The van der Waals surface area contributed by atoms with Gasteiger partial charge in [0, 0.05) is 11.4 Å². The molecule has 0 aromatic carbocycles. The summed E-state index contributed by atoms with van der Waals surface area (Å²) in [6.07, 6.45) is 3.06. The highest BCUT2D eigenvalue weighted by atomic mass is 32.1. The first-order valence-corrected chi connectivity index (χ1v) is 7.09. The summed E-state index contributed by atoms with van der Waals surface area (Å²) in [6, 6.07) is 4.01. The number of thiophene rings is 1. The van der Waals surface area contributed by atoms with E-state index in [9.17, 15) is 5.11 Å². The van der Waals surface area contributed by atoms with Gasteiger partial charge in [0.25, 0.3) is 0 Å². The van der Waals surface area contributed by atoms with E-state index >= 15 is 0 Å². The van der Waals surface area contributed by atoms with Crippen LogP contribution in [0.2, 0.25) is 0 Å². The van der Waals surface area contributed by atoms with Crippen molar-refractivity contribution in [2.24, 2.45) is 0 Å². The largest absolute Gasteiger partial charge is 0.388 e. The smallest absolute Gasteiger partial charge is 0.0894 e. The van der Waals surface area contributed by atoms with Crippen LogP contribution in [0.25, 0.3) is 0 Å². The Bertz CT molecular complexity index is 261. The first kappa shape index (κ1) is 13.7. The highest BCUT2D eigenvalue weighted by Gasteiger charge is 2.10. The number of unbranched alkanes of at least 4 members (excludes halogenated alkanes) is 1. The van der Waals surface area contributed by atoms with Crippen LogP contribution in [0.3, 0.4) is 0 Å². The molecule has 1 heterocycles. The second-order valence-electron chi connectivity index (χ2n) is 4.11. The normalized spacial score (nSPS) is 13.2. The van der Waals surface area contributed by atoms with E-state index in [1.165, 1.54) is 12.8 Å².